The second kappa shape index (κ2) is 10.7. The molecule has 2 N–H and O–H groups in total. The molecular formula is C17H35IN4. The largest absolute Gasteiger partial charge is 0.356 e. The van der Waals surface area contributed by atoms with Crippen LogP contribution in [0.1, 0.15) is 52.4 Å². The van der Waals surface area contributed by atoms with Gasteiger partial charge in [0.05, 0.1) is 0 Å². The highest BCUT2D eigenvalue weighted by Gasteiger charge is 2.27. The summed E-state index contributed by atoms with van der Waals surface area (Å²) in [4.78, 5) is 7.07. The predicted molar refractivity (Wildman–Crippen MR) is 106 cm³/mol. The van der Waals surface area contributed by atoms with Crippen LogP contribution in [-0.2, 0) is 0 Å². The van der Waals surface area contributed by atoms with Crippen LogP contribution in [0.3, 0.4) is 0 Å². The fourth-order valence-electron chi connectivity index (χ4n) is 3.48. The molecule has 1 aliphatic heterocycles. The third kappa shape index (κ3) is 6.22. The van der Waals surface area contributed by atoms with Crippen LogP contribution in [-0.4, -0.2) is 50.1 Å². The number of guanidine groups is 1. The van der Waals surface area contributed by atoms with Crippen molar-refractivity contribution in [3.8, 4) is 0 Å². The van der Waals surface area contributed by atoms with Crippen LogP contribution < -0.4 is 10.6 Å². The Balaban J connectivity index is 0.00000242. The van der Waals surface area contributed by atoms with Gasteiger partial charge in [-0.15, -0.1) is 24.0 Å². The van der Waals surface area contributed by atoms with E-state index >= 15 is 0 Å². The van der Waals surface area contributed by atoms with Gasteiger partial charge in [-0.05, 0) is 50.6 Å². The monoisotopic (exact) mass is 422 g/mol. The molecule has 0 amide bonds. The molecule has 0 radical (unpaired) electrons. The molecule has 0 bridgehead atoms. The molecular weight excluding hydrogens is 387 g/mol. The standard InChI is InChI=1S/C17H34N4.HI/c1-4-15(5-2)16(21-10-6-7-11-21)13-20-17(18-3)19-12-14-8-9-14;/h14-16H,4-13H2,1-3H3,(H2,18,19,20);1H. The highest BCUT2D eigenvalue weighted by atomic mass is 127. The molecule has 130 valence electrons. The number of rotatable bonds is 8. The van der Waals surface area contributed by atoms with Gasteiger partial charge in [0, 0.05) is 26.2 Å². The van der Waals surface area contributed by atoms with Crippen LogP contribution in [0.4, 0.5) is 0 Å². The van der Waals surface area contributed by atoms with Crippen molar-refractivity contribution in [2.75, 3.05) is 33.2 Å². The molecule has 2 aliphatic rings. The topological polar surface area (TPSA) is 39.7 Å². The highest BCUT2D eigenvalue weighted by Crippen LogP contribution is 2.27. The summed E-state index contributed by atoms with van der Waals surface area (Å²) in [7, 11) is 1.88. The lowest BCUT2D eigenvalue weighted by Crippen LogP contribution is -2.49. The van der Waals surface area contributed by atoms with E-state index in [-0.39, 0.29) is 24.0 Å². The third-order valence-electron chi connectivity index (χ3n) is 5.16. The third-order valence-corrected chi connectivity index (χ3v) is 5.16. The lowest BCUT2D eigenvalue weighted by atomic mass is 9.93. The summed E-state index contributed by atoms with van der Waals surface area (Å²) >= 11 is 0. The number of hydrogen-bond donors (Lipinski definition) is 2. The fourth-order valence-corrected chi connectivity index (χ4v) is 3.48. The van der Waals surface area contributed by atoms with E-state index < -0.39 is 0 Å². The molecule has 1 aliphatic carbocycles. The SMILES string of the molecule is CCC(CC)C(CNC(=NC)NCC1CC1)N1CCCC1.I. The predicted octanol–water partition coefficient (Wildman–Crippen LogP) is 3.08. The maximum atomic E-state index is 4.37. The van der Waals surface area contributed by atoms with Crippen molar-refractivity contribution >= 4 is 29.9 Å². The van der Waals surface area contributed by atoms with Crippen LogP contribution >= 0.6 is 24.0 Å². The van der Waals surface area contributed by atoms with Gasteiger partial charge in [-0.3, -0.25) is 9.89 Å². The van der Waals surface area contributed by atoms with Gasteiger partial charge in [-0.25, -0.2) is 0 Å². The van der Waals surface area contributed by atoms with Gasteiger partial charge in [0.25, 0.3) is 0 Å². The molecule has 2 rings (SSSR count). The Morgan fingerprint density at radius 2 is 1.77 bits per heavy atom. The van der Waals surface area contributed by atoms with Gasteiger partial charge in [-0.1, -0.05) is 26.7 Å². The van der Waals surface area contributed by atoms with Crippen molar-refractivity contribution in [1.82, 2.24) is 15.5 Å². The first-order chi connectivity index (χ1) is 10.3. The first kappa shape index (κ1) is 20.0. The van der Waals surface area contributed by atoms with Crippen LogP contribution in [0.15, 0.2) is 4.99 Å². The lowest BCUT2D eigenvalue weighted by molar-refractivity contribution is 0.166. The number of halogens is 1. The van der Waals surface area contributed by atoms with Crippen molar-refractivity contribution in [1.29, 1.82) is 0 Å². The van der Waals surface area contributed by atoms with Crippen molar-refractivity contribution in [2.24, 2.45) is 16.8 Å². The number of likely N-dealkylation sites (tertiary alicyclic amines) is 1. The van der Waals surface area contributed by atoms with Gasteiger partial charge in [-0.2, -0.15) is 0 Å². The number of nitrogens with zero attached hydrogens (tertiary/aromatic N) is 2. The summed E-state index contributed by atoms with van der Waals surface area (Å²) in [5.41, 5.74) is 0. The molecule has 5 heteroatoms. The average molecular weight is 422 g/mol. The van der Waals surface area contributed by atoms with Crippen LogP contribution in [0.2, 0.25) is 0 Å². The number of nitrogens with one attached hydrogen (secondary N) is 2. The minimum Gasteiger partial charge on any atom is -0.356 e. The van der Waals surface area contributed by atoms with Crippen molar-refractivity contribution < 1.29 is 0 Å². The van der Waals surface area contributed by atoms with Crippen molar-refractivity contribution in [3.05, 3.63) is 0 Å². The molecule has 1 saturated carbocycles. The zero-order chi connectivity index (χ0) is 15.1. The molecule has 1 unspecified atom stereocenters. The molecule has 0 spiro atoms. The Labute approximate surface area is 153 Å². The normalized spacial score (nSPS) is 20.8. The molecule has 1 heterocycles. The molecule has 0 aromatic carbocycles. The molecule has 22 heavy (non-hydrogen) atoms. The Morgan fingerprint density at radius 1 is 1.14 bits per heavy atom. The molecule has 0 aromatic heterocycles. The first-order valence-electron chi connectivity index (χ1n) is 8.97. The van der Waals surface area contributed by atoms with E-state index in [2.05, 4.69) is 34.4 Å². The summed E-state index contributed by atoms with van der Waals surface area (Å²) in [6, 6.07) is 0.655. The van der Waals surface area contributed by atoms with E-state index in [1.54, 1.807) is 0 Å². The quantitative estimate of drug-likeness (QED) is 0.359. The van der Waals surface area contributed by atoms with Gasteiger partial charge in [0.1, 0.15) is 0 Å². The molecule has 1 atom stereocenters. The smallest absolute Gasteiger partial charge is 0.191 e. The summed E-state index contributed by atoms with van der Waals surface area (Å²) in [5, 5.41) is 7.05. The van der Waals surface area contributed by atoms with Gasteiger partial charge >= 0.3 is 0 Å². The van der Waals surface area contributed by atoms with Gasteiger partial charge in [0.2, 0.25) is 0 Å². The molecule has 0 aromatic rings. The lowest BCUT2D eigenvalue weighted by Gasteiger charge is -2.34. The molecule has 2 fully saturated rings. The Hall–Kier alpha value is -0.0400. The van der Waals surface area contributed by atoms with E-state index in [4.69, 9.17) is 0 Å². The minimum absolute atomic E-state index is 0. The summed E-state index contributed by atoms with van der Waals surface area (Å²) in [6.07, 6.45) is 8.04. The molecule has 4 nitrogen and oxygen atoms in total. The first-order valence-corrected chi connectivity index (χ1v) is 8.97. The van der Waals surface area contributed by atoms with Crippen LogP contribution in [0.25, 0.3) is 0 Å². The van der Waals surface area contributed by atoms with E-state index in [0.717, 1.165) is 30.9 Å². The second-order valence-electron chi connectivity index (χ2n) is 6.66. The number of aliphatic imine (C=N–C) groups is 1. The Morgan fingerprint density at radius 3 is 2.27 bits per heavy atom. The van der Waals surface area contributed by atoms with E-state index in [1.807, 2.05) is 7.05 Å². The maximum Gasteiger partial charge on any atom is 0.191 e. The van der Waals surface area contributed by atoms with E-state index in [0.29, 0.717) is 6.04 Å². The van der Waals surface area contributed by atoms with Crippen molar-refractivity contribution in [2.45, 2.75) is 58.4 Å². The Bertz CT molecular complexity index is 319. The van der Waals surface area contributed by atoms with E-state index in [9.17, 15) is 0 Å². The van der Waals surface area contributed by atoms with Crippen molar-refractivity contribution in [3.63, 3.8) is 0 Å². The Kier molecular flexibility index (Phi) is 9.71. The summed E-state index contributed by atoms with van der Waals surface area (Å²) in [6.45, 7) is 9.32. The maximum absolute atomic E-state index is 4.37. The average Bonchev–Trinajstić information content (AvgIpc) is 3.18. The number of hydrogen-bond acceptors (Lipinski definition) is 2. The summed E-state index contributed by atoms with van der Waals surface area (Å²) < 4.78 is 0. The van der Waals surface area contributed by atoms with Gasteiger partial charge in [0.15, 0.2) is 5.96 Å². The van der Waals surface area contributed by atoms with Crippen LogP contribution in [0, 0.1) is 11.8 Å². The van der Waals surface area contributed by atoms with Crippen LogP contribution in [0.5, 0.6) is 0 Å². The van der Waals surface area contributed by atoms with Gasteiger partial charge < -0.3 is 10.6 Å². The zero-order valence-electron chi connectivity index (χ0n) is 14.6. The highest BCUT2D eigenvalue weighted by molar-refractivity contribution is 14.0. The fraction of sp³-hybridized carbons (Fsp3) is 0.941. The molecule has 1 saturated heterocycles. The second-order valence-corrected chi connectivity index (χ2v) is 6.66. The summed E-state index contributed by atoms with van der Waals surface area (Å²) in [5.74, 6) is 2.66. The van der Waals surface area contributed by atoms with E-state index in [1.165, 1.54) is 51.6 Å². The minimum atomic E-state index is 0. The zero-order valence-corrected chi connectivity index (χ0v) is 16.9.